The Morgan fingerprint density at radius 3 is 2.45 bits per heavy atom. The van der Waals surface area contributed by atoms with E-state index in [1.807, 2.05) is 12.3 Å². The lowest BCUT2D eigenvalue weighted by atomic mass is 10.3. The summed E-state index contributed by atoms with van der Waals surface area (Å²) in [4.78, 5) is 4.46. The fourth-order valence-electron chi connectivity index (χ4n) is 1.11. The molecule has 0 amide bonds. The second-order valence-electron chi connectivity index (χ2n) is 2.78. The Labute approximate surface area is 67.5 Å². The van der Waals surface area contributed by atoms with Crippen molar-refractivity contribution in [1.29, 1.82) is 5.26 Å². The first kappa shape index (κ1) is 8.09. The van der Waals surface area contributed by atoms with Crippen molar-refractivity contribution in [3.8, 4) is 6.07 Å². The highest BCUT2D eigenvalue weighted by atomic mass is 15.2. The van der Waals surface area contributed by atoms with Crippen LogP contribution in [0.1, 0.15) is 0 Å². The molecule has 0 atom stereocenters. The van der Waals surface area contributed by atoms with Crippen LogP contribution in [0, 0.1) is 11.3 Å². The van der Waals surface area contributed by atoms with Gasteiger partial charge in [-0.3, -0.25) is 0 Å². The number of rotatable bonds is 1. The molecule has 60 valence electrons. The van der Waals surface area contributed by atoms with Gasteiger partial charge in [-0.25, -0.2) is 0 Å². The van der Waals surface area contributed by atoms with E-state index in [1.54, 1.807) is 0 Å². The summed E-state index contributed by atoms with van der Waals surface area (Å²) in [5.41, 5.74) is 0. The van der Waals surface area contributed by atoms with E-state index in [9.17, 15) is 0 Å². The summed E-state index contributed by atoms with van der Waals surface area (Å²) >= 11 is 0. The van der Waals surface area contributed by atoms with Crippen molar-refractivity contribution in [3.05, 3.63) is 12.3 Å². The van der Waals surface area contributed by atoms with E-state index < -0.39 is 0 Å². The quantitative estimate of drug-likeness (QED) is 0.504. The number of likely N-dealkylation sites (N-methyl/N-ethyl adjacent to an activating group) is 1. The SMILES string of the molecule is CN1CCN(/C=C/C#N)CC1. The summed E-state index contributed by atoms with van der Waals surface area (Å²) in [6, 6.07) is 1.99. The lowest BCUT2D eigenvalue weighted by Crippen LogP contribution is -2.41. The third kappa shape index (κ3) is 2.60. The molecular formula is C8H13N3. The molecule has 0 unspecified atom stereocenters. The molecule has 0 aromatic heterocycles. The molecule has 0 saturated carbocycles. The van der Waals surface area contributed by atoms with Crippen LogP contribution in [0.15, 0.2) is 12.3 Å². The van der Waals surface area contributed by atoms with Gasteiger partial charge < -0.3 is 9.80 Å². The van der Waals surface area contributed by atoms with Gasteiger partial charge in [-0.1, -0.05) is 0 Å². The Morgan fingerprint density at radius 2 is 1.91 bits per heavy atom. The Morgan fingerprint density at radius 1 is 1.27 bits per heavy atom. The zero-order valence-electron chi connectivity index (χ0n) is 6.82. The Kier molecular flexibility index (Phi) is 2.94. The van der Waals surface area contributed by atoms with Gasteiger partial charge in [0.05, 0.1) is 6.07 Å². The summed E-state index contributed by atoms with van der Waals surface area (Å²) < 4.78 is 0. The van der Waals surface area contributed by atoms with Crippen molar-refractivity contribution < 1.29 is 0 Å². The van der Waals surface area contributed by atoms with Gasteiger partial charge in [0, 0.05) is 38.5 Å². The van der Waals surface area contributed by atoms with E-state index in [4.69, 9.17) is 5.26 Å². The Balaban J connectivity index is 2.29. The zero-order valence-corrected chi connectivity index (χ0v) is 6.82. The minimum absolute atomic E-state index is 1.04. The summed E-state index contributed by atoms with van der Waals surface area (Å²) in [5, 5.41) is 8.28. The number of nitrogens with zero attached hydrogens (tertiary/aromatic N) is 3. The molecule has 1 aliphatic heterocycles. The maximum atomic E-state index is 8.28. The molecule has 3 heteroatoms. The van der Waals surface area contributed by atoms with Gasteiger partial charge in [-0.05, 0) is 7.05 Å². The van der Waals surface area contributed by atoms with Crippen LogP contribution in [-0.2, 0) is 0 Å². The van der Waals surface area contributed by atoms with Gasteiger partial charge in [0.1, 0.15) is 0 Å². The third-order valence-electron chi connectivity index (χ3n) is 1.90. The van der Waals surface area contributed by atoms with Crippen LogP contribution >= 0.6 is 0 Å². The average molecular weight is 151 g/mol. The summed E-state index contributed by atoms with van der Waals surface area (Å²) in [5.74, 6) is 0. The van der Waals surface area contributed by atoms with Gasteiger partial charge in [0.2, 0.25) is 0 Å². The van der Waals surface area contributed by atoms with Crippen LogP contribution in [0.3, 0.4) is 0 Å². The normalized spacial score (nSPS) is 20.5. The molecule has 0 radical (unpaired) electrons. The highest BCUT2D eigenvalue weighted by Gasteiger charge is 2.09. The molecule has 0 aliphatic carbocycles. The van der Waals surface area contributed by atoms with Gasteiger partial charge in [0.15, 0.2) is 0 Å². The highest BCUT2D eigenvalue weighted by molar-refractivity contribution is 5.01. The maximum Gasteiger partial charge on any atom is 0.0927 e. The molecule has 11 heavy (non-hydrogen) atoms. The fourth-order valence-corrected chi connectivity index (χ4v) is 1.11. The second kappa shape index (κ2) is 3.99. The van der Waals surface area contributed by atoms with E-state index in [-0.39, 0.29) is 0 Å². The lowest BCUT2D eigenvalue weighted by Gasteiger charge is -2.31. The minimum Gasteiger partial charge on any atom is -0.374 e. The second-order valence-corrected chi connectivity index (χ2v) is 2.78. The van der Waals surface area contributed by atoms with E-state index >= 15 is 0 Å². The Hall–Kier alpha value is -1.01. The van der Waals surface area contributed by atoms with Crippen molar-refractivity contribution >= 4 is 0 Å². The van der Waals surface area contributed by atoms with Crippen molar-refractivity contribution in [1.82, 2.24) is 9.80 Å². The molecule has 0 aromatic carbocycles. The largest absolute Gasteiger partial charge is 0.374 e. The minimum atomic E-state index is 1.04. The van der Waals surface area contributed by atoms with E-state index in [1.165, 1.54) is 6.08 Å². The smallest absolute Gasteiger partial charge is 0.0927 e. The van der Waals surface area contributed by atoms with Crippen LogP contribution in [0.5, 0.6) is 0 Å². The van der Waals surface area contributed by atoms with Gasteiger partial charge in [-0.15, -0.1) is 0 Å². The number of hydrogen-bond donors (Lipinski definition) is 0. The Bertz CT molecular complexity index is 172. The van der Waals surface area contributed by atoms with E-state index in [2.05, 4.69) is 16.8 Å². The highest BCUT2D eigenvalue weighted by Crippen LogP contribution is 1.98. The van der Waals surface area contributed by atoms with Crippen LogP contribution < -0.4 is 0 Å². The van der Waals surface area contributed by atoms with Crippen molar-refractivity contribution in [3.63, 3.8) is 0 Å². The molecule has 1 fully saturated rings. The fraction of sp³-hybridized carbons (Fsp3) is 0.625. The average Bonchev–Trinajstić information content (AvgIpc) is 2.04. The number of allylic oxidation sites excluding steroid dienone is 1. The topological polar surface area (TPSA) is 30.3 Å². The molecule has 1 heterocycles. The van der Waals surface area contributed by atoms with E-state index in [0.29, 0.717) is 0 Å². The van der Waals surface area contributed by atoms with Crippen molar-refractivity contribution in [2.75, 3.05) is 33.2 Å². The monoisotopic (exact) mass is 151 g/mol. The molecule has 1 saturated heterocycles. The van der Waals surface area contributed by atoms with Crippen LogP contribution in [0.25, 0.3) is 0 Å². The molecular weight excluding hydrogens is 138 g/mol. The maximum absolute atomic E-state index is 8.28. The predicted molar refractivity (Wildman–Crippen MR) is 43.8 cm³/mol. The van der Waals surface area contributed by atoms with E-state index in [0.717, 1.165) is 26.2 Å². The first-order valence-electron chi connectivity index (χ1n) is 3.82. The molecule has 1 aliphatic rings. The molecule has 0 spiro atoms. The number of hydrogen-bond acceptors (Lipinski definition) is 3. The third-order valence-corrected chi connectivity index (χ3v) is 1.90. The van der Waals surface area contributed by atoms with Crippen molar-refractivity contribution in [2.45, 2.75) is 0 Å². The summed E-state index contributed by atoms with van der Waals surface area (Å²) in [7, 11) is 2.12. The summed E-state index contributed by atoms with van der Waals surface area (Å²) in [6.45, 7) is 4.26. The van der Waals surface area contributed by atoms with Crippen LogP contribution in [-0.4, -0.2) is 43.0 Å². The van der Waals surface area contributed by atoms with Gasteiger partial charge in [0.25, 0.3) is 0 Å². The number of nitriles is 1. The molecule has 0 N–H and O–H groups in total. The lowest BCUT2D eigenvalue weighted by molar-refractivity contribution is 0.198. The van der Waals surface area contributed by atoms with Gasteiger partial charge in [-0.2, -0.15) is 5.26 Å². The van der Waals surface area contributed by atoms with Crippen LogP contribution in [0.4, 0.5) is 0 Å². The zero-order chi connectivity index (χ0) is 8.10. The van der Waals surface area contributed by atoms with Crippen molar-refractivity contribution in [2.24, 2.45) is 0 Å². The molecule has 0 aromatic rings. The summed E-state index contributed by atoms with van der Waals surface area (Å²) in [6.07, 6.45) is 3.40. The standard InChI is InChI=1S/C8H13N3/c1-10-5-7-11(8-6-10)4-2-3-9/h2,4H,5-8H2,1H3/b4-2+. The number of piperazine rings is 1. The van der Waals surface area contributed by atoms with Gasteiger partial charge >= 0.3 is 0 Å². The first-order chi connectivity index (χ1) is 5.33. The molecule has 1 rings (SSSR count). The molecule has 3 nitrogen and oxygen atoms in total. The predicted octanol–water partition coefficient (Wildman–Crippen LogP) is 0.271. The molecule has 0 bridgehead atoms. The van der Waals surface area contributed by atoms with Crippen LogP contribution in [0.2, 0.25) is 0 Å². The first-order valence-corrected chi connectivity index (χ1v) is 3.82.